The largest absolute Gasteiger partial charge is 0.298 e. The third-order valence-electron chi connectivity index (χ3n) is 4.80. The van der Waals surface area contributed by atoms with Gasteiger partial charge in [-0.25, -0.2) is 0 Å². The summed E-state index contributed by atoms with van der Waals surface area (Å²) in [7, 11) is 4.03. The van der Waals surface area contributed by atoms with E-state index in [2.05, 4.69) is 61.1 Å². The minimum absolute atomic E-state index is 0.757. The van der Waals surface area contributed by atoms with E-state index in [1.807, 2.05) is 31.3 Å². The molecule has 3 heteroatoms. The lowest BCUT2D eigenvalue weighted by Gasteiger charge is -2.29. The normalized spacial score (nSPS) is 20.3. The maximum absolute atomic E-state index is 6.01. The molecular weight excluding hydrogens is 340 g/mol. The Labute approximate surface area is 161 Å². The van der Waals surface area contributed by atoms with E-state index >= 15 is 0 Å². The zero-order valence-corrected chi connectivity index (χ0v) is 16.6. The molecule has 0 aromatic heterocycles. The van der Waals surface area contributed by atoms with Crippen molar-refractivity contribution in [1.82, 2.24) is 4.90 Å². The highest BCUT2D eigenvalue weighted by Gasteiger charge is 2.21. The van der Waals surface area contributed by atoms with Gasteiger partial charge in [0.1, 0.15) is 0 Å². The maximum Gasteiger partial charge on any atom is 0.0661 e. The number of nitrogens with zero attached hydrogens (tertiary/aromatic N) is 2. The fourth-order valence-corrected chi connectivity index (χ4v) is 3.45. The number of piperidine rings is 1. The summed E-state index contributed by atoms with van der Waals surface area (Å²) in [5.74, 6) is 0. The van der Waals surface area contributed by atoms with E-state index in [1.54, 1.807) is 0 Å². The van der Waals surface area contributed by atoms with Gasteiger partial charge in [0.05, 0.1) is 5.71 Å². The molecular formula is C23H25ClN2. The van der Waals surface area contributed by atoms with Crippen molar-refractivity contribution in [3.05, 3.63) is 80.9 Å². The van der Waals surface area contributed by atoms with Crippen molar-refractivity contribution in [2.45, 2.75) is 13.8 Å². The third-order valence-corrected chi connectivity index (χ3v) is 5.05. The van der Waals surface area contributed by atoms with Gasteiger partial charge in [-0.2, -0.15) is 0 Å². The van der Waals surface area contributed by atoms with E-state index in [4.69, 9.17) is 11.6 Å². The van der Waals surface area contributed by atoms with Crippen LogP contribution in [-0.4, -0.2) is 37.8 Å². The van der Waals surface area contributed by atoms with Crippen LogP contribution in [0.2, 0.25) is 5.02 Å². The molecule has 0 amide bonds. The zero-order chi connectivity index (χ0) is 18.7. The number of halogens is 1. The summed E-state index contributed by atoms with van der Waals surface area (Å²) in [5, 5.41) is 0.757. The van der Waals surface area contributed by atoms with Gasteiger partial charge in [0.15, 0.2) is 0 Å². The van der Waals surface area contributed by atoms with Crippen LogP contribution in [0.25, 0.3) is 12.2 Å². The Morgan fingerprint density at radius 2 is 1.46 bits per heavy atom. The van der Waals surface area contributed by atoms with Crippen LogP contribution in [0.5, 0.6) is 0 Å². The second kappa shape index (κ2) is 8.03. The van der Waals surface area contributed by atoms with Gasteiger partial charge in [-0.1, -0.05) is 41.9 Å². The lowest BCUT2D eigenvalue weighted by molar-refractivity contribution is 0.396. The van der Waals surface area contributed by atoms with Crippen molar-refractivity contribution >= 4 is 29.5 Å². The molecule has 134 valence electrons. The van der Waals surface area contributed by atoms with Gasteiger partial charge >= 0.3 is 0 Å². The Bertz CT molecular complexity index is 889. The average Bonchev–Trinajstić information content (AvgIpc) is 2.60. The smallest absolute Gasteiger partial charge is 0.0661 e. The predicted molar refractivity (Wildman–Crippen MR) is 114 cm³/mol. The zero-order valence-electron chi connectivity index (χ0n) is 15.9. The number of aryl methyl sites for hydroxylation is 2. The Kier molecular flexibility index (Phi) is 5.75. The van der Waals surface area contributed by atoms with Crippen LogP contribution in [0.1, 0.15) is 22.3 Å². The highest BCUT2D eigenvalue weighted by molar-refractivity contribution is 6.30. The third kappa shape index (κ3) is 4.32. The molecule has 0 saturated carbocycles. The monoisotopic (exact) mass is 364 g/mol. The first-order valence-electron chi connectivity index (χ1n) is 8.86. The highest BCUT2D eigenvalue weighted by Crippen LogP contribution is 2.23. The van der Waals surface area contributed by atoms with E-state index < -0.39 is 0 Å². The van der Waals surface area contributed by atoms with Gasteiger partial charge in [-0.05, 0) is 78.6 Å². The van der Waals surface area contributed by atoms with E-state index in [0.717, 1.165) is 29.4 Å². The number of likely N-dealkylation sites (N-methyl/N-ethyl adjacent to an activating group) is 1. The topological polar surface area (TPSA) is 15.6 Å². The Morgan fingerprint density at radius 1 is 0.885 bits per heavy atom. The minimum Gasteiger partial charge on any atom is -0.298 e. The summed E-state index contributed by atoms with van der Waals surface area (Å²) >= 11 is 6.01. The van der Waals surface area contributed by atoms with E-state index in [9.17, 15) is 0 Å². The van der Waals surface area contributed by atoms with Crippen molar-refractivity contribution in [2.24, 2.45) is 4.99 Å². The Morgan fingerprint density at radius 3 is 2.04 bits per heavy atom. The Hall–Kier alpha value is -2.16. The van der Waals surface area contributed by atoms with Crippen LogP contribution in [-0.2, 0) is 0 Å². The SMILES string of the molecule is CN=C1/C(=C/c2ccc(Cl)cc2)CN(C)C/C1=C\c1ccc(C)c(C)c1. The van der Waals surface area contributed by atoms with Crippen molar-refractivity contribution in [3.8, 4) is 0 Å². The predicted octanol–water partition coefficient (Wildman–Crippen LogP) is 5.44. The molecule has 3 rings (SSSR count). The molecule has 0 unspecified atom stereocenters. The number of hydrogen-bond donors (Lipinski definition) is 0. The number of benzene rings is 2. The first-order chi connectivity index (χ1) is 12.5. The highest BCUT2D eigenvalue weighted by atomic mass is 35.5. The molecule has 1 heterocycles. The molecule has 0 aliphatic carbocycles. The first-order valence-corrected chi connectivity index (χ1v) is 9.24. The van der Waals surface area contributed by atoms with Gasteiger partial charge in [0.2, 0.25) is 0 Å². The second-order valence-electron chi connectivity index (χ2n) is 6.98. The number of hydrogen-bond acceptors (Lipinski definition) is 2. The van der Waals surface area contributed by atoms with Crippen molar-refractivity contribution in [1.29, 1.82) is 0 Å². The summed E-state index contributed by atoms with van der Waals surface area (Å²) < 4.78 is 0. The molecule has 2 aromatic rings. The second-order valence-corrected chi connectivity index (χ2v) is 7.42. The molecule has 1 saturated heterocycles. The molecule has 2 nitrogen and oxygen atoms in total. The quantitative estimate of drug-likeness (QED) is 0.692. The molecule has 1 aliphatic rings. The van der Waals surface area contributed by atoms with Crippen molar-refractivity contribution < 1.29 is 0 Å². The molecule has 0 atom stereocenters. The lowest BCUT2D eigenvalue weighted by Crippen LogP contribution is -2.34. The van der Waals surface area contributed by atoms with Gasteiger partial charge in [0.25, 0.3) is 0 Å². The molecule has 1 fully saturated rings. The summed E-state index contributed by atoms with van der Waals surface area (Å²) in [6.45, 7) is 6.09. The minimum atomic E-state index is 0.757. The van der Waals surface area contributed by atoms with Gasteiger partial charge in [0, 0.05) is 25.2 Å². The van der Waals surface area contributed by atoms with Crippen LogP contribution in [0.4, 0.5) is 0 Å². The summed E-state index contributed by atoms with van der Waals surface area (Å²) in [6.07, 6.45) is 4.47. The van der Waals surface area contributed by atoms with E-state index in [1.165, 1.54) is 27.8 Å². The van der Waals surface area contributed by atoms with Crippen molar-refractivity contribution in [2.75, 3.05) is 27.2 Å². The van der Waals surface area contributed by atoms with Crippen LogP contribution in [0.15, 0.2) is 58.6 Å². The van der Waals surface area contributed by atoms with Crippen molar-refractivity contribution in [3.63, 3.8) is 0 Å². The molecule has 2 aromatic carbocycles. The van der Waals surface area contributed by atoms with E-state index in [-0.39, 0.29) is 0 Å². The molecule has 0 bridgehead atoms. The fourth-order valence-electron chi connectivity index (χ4n) is 3.32. The fraction of sp³-hybridized carbons (Fsp3) is 0.261. The lowest BCUT2D eigenvalue weighted by atomic mass is 9.93. The summed E-state index contributed by atoms with van der Waals surface area (Å²) in [5.41, 5.74) is 8.59. The molecule has 26 heavy (non-hydrogen) atoms. The molecule has 0 spiro atoms. The van der Waals surface area contributed by atoms with Crippen LogP contribution in [0, 0.1) is 13.8 Å². The van der Waals surface area contributed by atoms with Gasteiger partial charge in [-0.15, -0.1) is 0 Å². The van der Waals surface area contributed by atoms with E-state index in [0.29, 0.717) is 0 Å². The maximum atomic E-state index is 6.01. The summed E-state index contributed by atoms with van der Waals surface area (Å²) in [6, 6.07) is 14.5. The van der Waals surface area contributed by atoms with Gasteiger partial charge < -0.3 is 0 Å². The molecule has 1 aliphatic heterocycles. The van der Waals surface area contributed by atoms with Crippen LogP contribution < -0.4 is 0 Å². The number of rotatable bonds is 2. The first kappa shape index (κ1) is 18.6. The standard InChI is InChI=1S/C23H25ClN2/c1-16-5-6-19(11-17(16)2)13-21-15-26(4)14-20(23(21)25-3)12-18-7-9-22(24)10-8-18/h5-13H,14-15H2,1-4H3/b20-12+,21-13+,25-23?. The molecule has 0 radical (unpaired) electrons. The summed E-state index contributed by atoms with van der Waals surface area (Å²) in [4.78, 5) is 6.94. The number of likely N-dealkylation sites (tertiary alicyclic amines) is 1. The Balaban J connectivity index is 1.99. The number of aliphatic imine (C=N–C) groups is 1. The molecule has 0 N–H and O–H groups in total. The van der Waals surface area contributed by atoms with Crippen LogP contribution in [0.3, 0.4) is 0 Å². The van der Waals surface area contributed by atoms with Crippen LogP contribution >= 0.6 is 11.6 Å². The van der Waals surface area contributed by atoms with Gasteiger partial charge in [-0.3, -0.25) is 9.89 Å². The average molecular weight is 365 g/mol.